The molecule has 1 atom stereocenters. The van der Waals surface area contributed by atoms with E-state index in [1.165, 1.54) is 49.2 Å². The van der Waals surface area contributed by atoms with Gasteiger partial charge in [0.25, 0.3) is 0 Å². The molecule has 0 amide bonds. The lowest BCUT2D eigenvalue weighted by Crippen LogP contribution is -2.37. The molecule has 1 aromatic rings. The summed E-state index contributed by atoms with van der Waals surface area (Å²) < 4.78 is 0. The molecule has 2 fully saturated rings. The SMILES string of the molecule is CCC1CN(Cc2cccc(CNC3CC3)c2)CCS1. The Bertz CT molecular complexity index is 431. The third-order valence-electron chi connectivity index (χ3n) is 4.25. The van der Waals surface area contributed by atoms with E-state index in [4.69, 9.17) is 0 Å². The number of thioether (sulfide) groups is 1. The molecule has 1 N–H and O–H groups in total. The van der Waals surface area contributed by atoms with Crippen LogP contribution >= 0.6 is 11.8 Å². The molecule has 1 saturated carbocycles. The molecular weight excluding hydrogens is 264 g/mol. The van der Waals surface area contributed by atoms with Gasteiger partial charge in [0.05, 0.1) is 0 Å². The molecule has 2 aliphatic rings. The summed E-state index contributed by atoms with van der Waals surface area (Å²) in [7, 11) is 0. The molecule has 0 bridgehead atoms. The van der Waals surface area contributed by atoms with Crippen LogP contribution in [-0.2, 0) is 13.1 Å². The number of nitrogens with zero attached hydrogens (tertiary/aromatic N) is 1. The number of hydrogen-bond acceptors (Lipinski definition) is 3. The van der Waals surface area contributed by atoms with Gasteiger partial charge in [0.15, 0.2) is 0 Å². The van der Waals surface area contributed by atoms with Gasteiger partial charge in [-0.15, -0.1) is 0 Å². The highest BCUT2D eigenvalue weighted by Gasteiger charge is 2.20. The Morgan fingerprint density at radius 3 is 2.95 bits per heavy atom. The fraction of sp³-hybridized carbons (Fsp3) is 0.647. The first-order chi connectivity index (χ1) is 9.83. The maximum absolute atomic E-state index is 3.60. The Morgan fingerprint density at radius 1 is 1.30 bits per heavy atom. The van der Waals surface area contributed by atoms with Gasteiger partial charge in [-0.1, -0.05) is 31.2 Å². The molecule has 3 heteroatoms. The molecule has 3 rings (SSSR count). The predicted molar refractivity (Wildman–Crippen MR) is 88.1 cm³/mol. The monoisotopic (exact) mass is 290 g/mol. The summed E-state index contributed by atoms with van der Waals surface area (Å²) in [5.41, 5.74) is 2.91. The highest BCUT2D eigenvalue weighted by atomic mass is 32.2. The van der Waals surface area contributed by atoms with E-state index in [2.05, 4.69) is 53.2 Å². The lowest BCUT2D eigenvalue weighted by molar-refractivity contribution is 0.273. The molecule has 1 unspecified atom stereocenters. The third kappa shape index (κ3) is 4.24. The van der Waals surface area contributed by atoms with Crippen molar-refractivity contribution in [1.29, 1.82) is 0 Å². The molecule has 1 aliphatic carbocycles. The topological polar surface area (TPSA) is 15.3 Å². The first kappa shape index (κ1) is 14.4. The second kappa shape index (κ2) is 6.97. The smallest absolute Gasteiger partial charge is 0.0234 e. The van der Waals surface area contributed by atoms with Gasteiger partial charge in [0, 0.05) is 43.2 Å². The summed E-state index contributed by atoms with van der Waals surface area (Å²) in [6, 6.07) is 9.93. The minimum absolute atomic E-state index is 0.795. The van der Waals surface area contributed by atoms with E-state index in [0.29, 0.717) is 0 Å². The van der Waals surface area contributed by atoms with Crippen molar-refractivity contribution in [3.05, 3.63) is 35.4 Å². The molecule has 1 aromatic carbocycles. The highest BCUT2D eigenvalue weighted by Crippen LogP contribution is 2.23. The van der Waals surface area contributed by atoms with Crippen molar-refractivity contribution in [2.45, 2.75) is 50.6 Å². The van der Waals surface area contributed by atoms with Crippen LogP contribution in [0.4, 0.5) is 0 Å². The Morgan fingerprint density at radius 2 is 2.15 bits per heavy atom. The van der Waals surface area contributed by atoms with Gasteiger partial charge in [0.2, 0.25) is 0 Å². The van der Waals surface area contributed by atoms with Crippen LogP contribution in [0.2, 0.25) is 0 Å². The van der Waals surface area contributed by atoms with Crippen LogP contribution < -0.4 is 5.32 Å². The molecule has 1 heterocycles. The fourth-order valence-corrected chi connectivity index (χ4v) is 4.07. The van der Waals surface area contributed by atoms with Crippen molar-refractivity contribution < 1.29 is 0 Å². The molecule has 0 aromatic heterocycles. The lowest BCUT2D eigenvalue weighted by Gasteiger charge is -2.31. The van der Waals surface area contributed by atoms with Gasteiger partial charge in [-0.2, -0.15) is 11.8 Å². The van der Waals surface area contributed by atoms with Crippen LogP contribution in [-0.4, -0.2) is 35.0 Å². The van der Waals surface area contributed by atoms with E-state index in [-0.39, 0.29) is 0 Å². The van der Waals surface area contributed by atoms with Crippen molar-refractivity contribution in [3.8, 4) is 0 Å². The Labute approximate surface area is 127 Å². The van der Waals surface area contributed by atoms with Crippen molar-refractivity contribution >= 4 is 11.8 Å². The van der Waals surface area contributed by atoms with Crippen molar-refractivity contribution in [2.24, 2.45) is 0 Å². The van der Waals surface area contributed by atoms with Gasteiger partial charge < -0.3 is 5.32 Å². The lowest BCUT2D eigenvalue weighted by atomic mass is 10.1. The van der Waals surface area contributed by atoms with Crippen molar-refractivity contribution in [2.75, 3.05) is 18.8 Å². The average molecular weight is 290 g/mol. The van der Waals surface area contributed by atoms with Crippen LogP contribution in [0.15, 0.2) is 24.3 Å². The van der Waals surface area contributed by atoms with Gasteiger partial charge in [0.1, 0.15) is 0 Å². The van der Waals surface area contributed by atoms with E-state index >= 15 is 0 Å². The summed E-state index contributed by atoms with van der Waals surface area (Å²) in [5.74, 6) is 1.29. The van der Waals surface area contributed by atoms with Gasteiger partial charge in [-0.05, 0) is 30.4 Å². The summed E-state index contributed by atoms with van der Waals surface area (Å²) in [6.45, 7) is 6.96. The Kier molecular flexibility index (Phi) is 5.03. The zero-order chi connectivity index (χ0) is 13.8. The molecular formula is C17H26N2S. The van der Waals surface area contributed by atoms with E-state index < -0.39 is 0 Å². The van der Waals surface area contributed by atoms with Gasteiger partial charge in [-0.25, -0.2) is 0 Å². The van der Waals surface area contributed by atoms with Gasteiger partial charge in [-0.3, -0.25) is 4.90 Å². The first-order valence-electron chi connectivity index (χ1n) is 7.98. The molecule has 110 valence electrons. The predicted octanol–water partition coefficient (Wildman–Crippen LogP) is 3.27. The Balaban J connectivity index is 1.54. The molecule has 0 radical (unpaired) electrons. The van der Waals surface area contributed by atoms with Crippen LogP contribution in [0.25, 0.3) is 0 Å². The molecule has 1 aliphatic heterocycles. The maximum atomic E-state index is 3.60. The second-order valence-corrected chi connectivity index (χ2v) is 7.52. The normalized spacial score (nSPS) is 23.9. The summed E-state index contributed by atoms with van der Waals surface area (Å²) in [4.78, 5) is 2.62. The Hall–Kier alpha value is -0.510. The minimum atomic E-state index is 0.795. The van der Waals surface area contributed by atoms with E-state index in [0.717, 1.165) is 24.4 Å². The van der Waals surface area contributed by atoms with E-state index in [9.17, 15) is 0 Å². The van der Waals surface area contributed by atoms with E-state index in [1.807, 2.05) is 0 Å². The standard InChI is InChI=1S/C17H26N2S/c1-2-17-13-19(8-9-20-17)12-15-5-3-4-14(10-15)11-18-16-6-7-16/h3-5,10,16-18H,2,6-9,11-13H2,1H3. The van der Waals surface area contributed by atoms with E-state index in [1.54, 1.807) is 0 Å². The zero-order valence-electron chi connectivity index (χ0n) is 12.5. The number of hydrogen-bond donors (Lipinski definition) is 1. The average Bonchev–Trinajstić information content (AvgIpc) is 3.30. The second-order valence-electron chi connectivity index (χ2n) is 6.11. The van der Waals surface area contributed by atoms with Crippen LogP contribution in [0.3, 0.4) is 0 Å². The number of nitrogens with one attached hydrogen (secondary N) is 1. The highest BCUT2D eigenvalue weighted by molar-refractivity contribution is 8.00. The maximum Gasteiger partial charge on any atom is 0.0234 e. The number of rotatable bonds is 6. The summed E-state index contributed by atoms with van der Waals surface area (Å²) in [6.07, 6.45) is 4.03. The number of benzene rings is 1. The molecule has 0 spiro atoms. The molecule has 2 nitrogen and oxygen atoms in total. The molecule has 1 saturated heterocycles. The minimum Gasteiger partial charge on any atom is -0.310 e. The largest absolute Gasteiger partial charge is 0.310 e. The van der Waals surface area contributed by atoms with Crippen LogP contribution in [0.1, 0.15) is 37.3 Å². The van der Waals surface area contributed by atoms with Crippen LogP contribution in [0, 0.1) is 0 Å². The van der Waals surface area contributed by atoms with Crippen molar-refractivity contribution in [1.82, 2.24) is 10.2 Å². The first-order valence-corrected chi connectivity index (χ1v) is 9.03. The van der Waals surface area contributed by atoms with Crippen molar-refractivity contribution in [3.63, 3.8) is 0 Å². The molecule has 20 heavy (non-hydrogen) atoms. The summed E-state index contributed by atoms with van der Waals surface area (Å²) >= 11 is 2.15. The fourth-order valence-electron chi connectivity index (χ4n) is 2.82. The third-order valence-corrected chi connectivity index (χ3v) is 5.62. The zero-order valence-corrected chi connectivity index (χ0v) is 13.3. The quantitative estimate of drug-likeness (QED) is 0.865. The van der Waals surface area contributed by atoms with Crippen LogP contribution in [0.5, 0.6) is 0 Å². The van der Waals surface area contributed by atoms with Gasteiger partial charge >= 0.3 is 0 Å². The summed E-state index contributed by atoms with van der Waals surface area (Å²) in [5, 5.41) is 4.44.